The number of fused-ring (bicyclic) bond motifs is 1. The first-order valence-electron chi connectivity index (χ1n) is 5.86. The molecule has 2 aromatic heterocycles. The topological polar surface area (TPSA) is 70.7 Å². The summed E-state index contributed by atoms with van der Waals surface area (Å²) in [5.41, 5.74) is 2.25. The molecule has 5 nitrogen and oxygen atoms in total. The van der Waals surface area contributed by atoms with Crippen LogP contribution in [-0.4, -0.2) is 21.1 Å². The van der Waals surface area contributed by atoms with Crippen LogP contribution in [-0.2, 0) is 6.54 Å². The number of aromatic amines is 1. The van der Waals surface area contributed by atoms with E-state index in [4.69, 9.17) is 0 Å². The van der Waals surface area contributed by atoms with Crippen molar-refractivity contribution in [1.29, 1.82) is 0 Å². The Morgan fingerprint density at radius 2 is 2.26 bits per heavy atom. The highest BCUT2D eigenvalue weighted by atomic mass is 32.1. The third kappa shape index (κ3) is 2.34. The van der Waals surface area contributed by atoms with Gasteiger partial charge in [0.2, 0.25) is 0 Å². The summed E-state index contributed by atoms with van der Waals surface area (Å²) in [6.07, 6.45) is 0. The zero-order valence-electron chi connectivity index (χ0n) is 10.3. The van der Waals surface area contributed by atoms with E-state index in [-0.39, 0.29) is 5.91 Å². The summed E-state index contributed by atoms with van der Waals surface area (Å²) >= 11 is 1.54. The molecule has 6 heteroatoms. The SMILES string of the molecule is Cc1csc(CNC(=O)c2n[nH]c3ccccc23)n1. The number of carbonyl (C=O) groups excluding carboxylic acids is 1. The lowest BCUT2D eigenvalue weighted by Gasteiger charge is -2.00. The number of amides is 1. The quantitative estimate of drug-likeness (QED) is 0.768. The third-order valence-electron chi connectivity index (χ3n) is 2.75. The van der Waals surface area contributed by atoms with Gasteiger partial charge in [0.05, 0.1) is 12.1 Å². The minimum Gasteiger partial charge on any atom is -0.344 e. The molecule has 0 bridgehead atoms. The Bertz CT molecular complexity index is 731. The van der Waals surface area contributed by atoms with Crippen LogP contribution in [0.15, 0.2) is 29.6 Å². The molecule has 0 saturated heterocycles. The van der Waals surface area contributed by atoms with E-state index in [0.717, 1.165) is 21.6 Å². The normalized spacial score (nSPS) is 10.8. The molecule has 96 valence electrons. The zero-order valence-corrected chi connectivity index (χ0v) is 11.1. The third-order valence-corrected chi connectivity index (χ3v) is 3.72. The fourth-order valence-electron chi connectivity index (χ4n) is 1.86. The number of hydrogen-bond donors (Lipinski definition) is 2. The van der Waals surface area contributed by atoms with E-state index in [9.17, 15) is 4.79 Å². The van der Waals surface area contributed by atoms with Gasteiger partial charge in [0.1, 0.15) is 5.01 Å². The molecular formula is C13H12N4OS. The van der Waals surface area contributed by atoms with Crippen LogP contribution >= 0.6 is 11.3 Å². The molecule has 0 unspecified atom stereocenters. The van der Waals surface area contributed by atoms with Crippen molar-refractivity contribution < 1.29 is 4.79 Å². The van der Waals surface area contributed by atoms with Crippen molar-refractivity contribution in [2.45, 2.75) is 13.5 Å². The van der Waals surface area contributed by atoms with Crippen LogP contribution in [0, 0.1) is 6.92 Å². The van der Waals surface area contributed by atoms with E-state index >= 15 is 0 Å². The van der Waals surface area contributed by atoms with E-state index in [1.165, 1.54) is 11.3 Å². The van der Waals surface area contributed by atoms with Crippen LogP contribution in [0.5, 0.6) is 0 Å². The number of benzene rings is 1. The van der Waals surface area contributed by atoms with E-state index in [2.05, 4.69) is 20.5 Å². The van der Waals surface area contributed by atoms with Crippen LogP contribution in [0.1, 0.15) is 21.2 Å². The highest BCUT2D eigenvalue weighted by Gasteiger charge is 2.13. The van der Waals surface area contributed by atoms with Crippen molar-refractivity contribution in [3.63, 3.8) is 0 Å². The first-order valence-corrected chi connectivity index (χ1v) is 6.74. The monoisotopic (exact) mass is 272 g/mol. The first kappa shape index (κ1) is 11.9. The van der Waals surface area contributed by atoms with Crippen LogP contribution < -0.4 is 5.32 Å². The molecule has 0 aliphatic heterocycles. The molecule has 19 heavy (non-hydrogen) atoms. The number of nitrogens with one attached hydrogen (secondary N) is 2. The standard InChI is InChI=1S/C13H12N4OS/c1-8-7-19-11(15-8)6-14-13(18)12-9-4-2-3-5-10(9)16-17-12/h2-5,7H,6H2,1H3,(H,14,18)(H,16,17). The Morgan fingerprint density at radius 1 is 1.42 bits per heavy atom. The number of para-hydroxylation sites is 1. The van der Waals surface area contributed by atoms with Crippen molar-refractivity contribution >= 4 is 28.1 Å². The van der Waals surface area contributed by atoms with Crippen LogP contribution in [0.4, 0.5) is 0 Å². The van der Waals surface area contributed by atoms with E-state index in [0.29, 0.717) is 12.2 Å². The molecule has 3 aromatic rings. The molecule has 0 saturated carbocycles. The molecule has 0 aliphatic rings. The Morgan fingerprint density at radius 3 is 3.05 bits per heavy atom. The molecule has 2 N–H and O–H groups in total. The van der Waals surface area contributed by atoms with Gasteiger partial charge >= 0.3 is 0 Å². The number of hydrogen-bond acceptors (Lipinski definition) is 4. The Hall–Kier alpha value is -2.21. The summed E-state index contributed by atoms with van der Waals surface area (Å²) in [4.78, 5) is 16.4. The Labute approximate surface area is 113 Å². The van der Waals surface area contributed by atoms with Gasteiger partial charge in [-0.1, -0.05) is 18.2 Å². The van der Waals surface area contributed by atoms with Gasteiger partial charge in [0.25, 0.3) is 5.91 Å². The average Bonchev–Trinajstić information content (AvgIpc) is 3.02. The molecule has 0 aliphatic carbocycles. The summed E-state index contributed by atoms with van der Waals surface area (Å²) in [5, 5.41) is 13.4. The molecule has 2 heterocycles. The maximum absolute atomic E-state index is 12.1. The van der Waals surface area contributed by atoms with Gasteiger partial charge in [-0.25, -0.2) is 4.98 Å². The van der Waals surface area contributed by atoms with E-state index in [1.54, 1.807) is 0 Å². The highest BCUT2D eigenvalue weighted by Crippen LogP contribution is 2.15. The summed E-state index contributed by atoms with van der Waals surface area (Å²) in [6, 6.07) is 7.56. The van der Waals surface area contributed by atoms with Crippen molar-refractivity contribution in [1.82, 2.24) is 20.5 Å². The maximum atomic E-state index is 12.1. The molecule has 0 atom stereocenters. The largest absolute Gasteiger partial charge is 0.344 e. The van der Waals surface area contributed by atoms with Gasteiger partial charge in [-0.15, -0.1) is 11.3 Å². The lowest BCUT2D eigenvalue weighted by atomic mass is 10.2. The summed E-state index contributed by atoms with van der Waals surface area (Å²) < 4.78 is 0. The Kier molecular flexibility index (Phi) is 3.00. The first-order chi connectivity index (χ1) is 9.24. The number of aromatic nitrogens is 3. The second-order valence-corrected chi connectivity index (χ2v) is 5.13. The van der Waals surface area contributed by atoms with Crippen molar-refractivity contribution in [2.75, 3.05) is 0 Å². The molecule has 0 fully saturated rings. The minimum atomic E-state index is -0.190. The van der Waals surface area contributed by atoms with Gasteiger partial charge in [-0.05, 0) is 13.0 Å². The molecule has 0 spiro atoms. The van der Waals surface area contributed by atoms with Crippen LogP contribution in [0.2, 0.25) is 0 Å². The second kappa shape index (κ2) is 4.81. The molecule has 3 rings (SSSR count). The van der Waals surface area contributed by atoms with Crippen LogP contribution in [0.25, 0.3) is 10.9 Å². The van der Waals surface area contributed by atoms with Crippen molar-refractivity contribution in [3.05, 3.63) is 46.0 Å². The predicted molar refractivity (Wildman–Crippen MR) is 74.1 cm³/mol. The van der Waals surface area contributed by atoms with Gasteiger partial charge < -0.3 is 5.32 Å². The number of thiazole rings is 1. The van der Waals surface area contributed by atoms with Gasteiger partial charge in [0, 0.05) is 16.5 Å². The number of carbonyl (C=O) groups is 1. The summed E-state index contributed by atoms with van der Waals surface area (Å²) in [5.74, 6) is -0.190. The zero-order chi connectivity index (χ0) is 13.2. The predicted octanol–water partition coefficient (Wildman–Crippen LogP) is 2.26. The van der Waals surface area contributed by atoms with Crippen molar-refractivity contribution in [2.24, 2.45) is 0 Å². The number of nitrogens with zero attached hydrogens (tertiary/aromatic N) is 2. The molecular weight excluding hydrogens is 260 g/mol. The van der Waals surface area contributed by atoms with Crippen LogP contribution in [0.3, 0.4) is 0 Å². The molecule has 0 radical (unpaired) electrons. The average molecular weight is 272 g/mol. The smallest absolute Gasteiger partial charge is 0.272 e. The number of rotatable bonds is 3. The molecule has 1 aromatic carbocycles. The lowest BCUT2D eigenvalue weighted by molar-refractivity contribution is 0.0947. The van der Waals surface area contributed by atoms with Gasteiger partial charge in [0.15, 0.2) is 5.69 Å². The maximum Gasteiger partial charge on any atom is 0.272 e. The fraction of sp³-hybridized carbons (Fsp3) is 0.154. The highest BCUT2D eigenvalue weighted by molar-refractivity contribution is 7.09. The lowest BCUT2D eigenvalue weighted by Crippen LogP contribution is -2.23. The Balaban J connectivity index is 1.77. The van der Waals surface area contributed by atoms with Crippen molar-refractivity contribution in [3.8, 4) is 0 Å². The minimum absolute atomic E-state index is 0.190. The van der Waals surface area contributed by atoms with E-state index < -0.39 is 0 Å². The fourth-order valence-corrected chi connectivity index (χ4v) is 2.57. The number of H-pyrrole nitrogens is 1. The van der Waals surface area contributed by atoms with Gasteiger partial charge in [-0.2, -0.15) is 5.10 Å². The van der Waals surface area contributed by atoms with Gasteiger partial charge in [-0.3, -0.25) is 9.89 Å². The second-order valence-electron chi connectivity index (χ2n) is 4.18. The van der Waals surface area contributed by atoms with E-state index in [1.807, 2.05) is 36.6 Å². The summed E-state index contributed by atoms with van der Waals surface area (Å²) in [7, 11) is 0. The molecule has 1 amide bonds. The summed E-state index contributed by atoms with van der Waals surface area (Å²) in [6.45, 7) is 2.36. The number of aryl methyl sites for hydroxylation is 1.